The van der Waals surface area contributed by atoms with Gasteiger partial charge in [-0.1, -0.05) is 274 Å². The van der Waals surface area contributed by atoms with E-state index in [1.165, 1.54) is 89.9 Å². The van der Waals surface area contributed by atoms with E-state index in [0.29, 0.717) is 25.7 Å². The van der Waals surface area contributed by atoms with Gasteiger partial charge in [-0.3, -0.25) is 14.4 Å². The average Bonchev–Trinajstić information content (AvgIpc) is 3.49. The molecule has 0 aromatic rings. The van der Waals surface area contributed by atoms with Gasteiger partial charge < -0.3 is 14.2 Å². The van der Waals surface area contributed by atoms with E-state index in [-0.39, 0.29) is 31.1 Å². The summed E-state index contributed by atoms with van der Waals surface area (Å²) in [5.74, 6) is -0.992. The molecule has 0 spiro atoms. The van der Waals surface area contributed by atoms with Crippen molar-refractivity contribution < 1.29 is 28.6 Å². The zero-order chi connectivity index (χ0) is 59.9. The van der Waals surface area contributed by atoms with Gasteiger partial charge in [0.1, 0.15) is 13.2 Å². The molecule has 0 aliphatic rings. The molecule has 466 valence electrons. The third-order valence-electron chi connectivity index (χ3n) is 13.7. The summed E-state index contributed by atoms with van der Waals surface area (Å²) in [5, 5.41) is 0. The molecule has 0 radical (unpaired) electrons. The van der Waals surface area contributed by atoms with Gasteiger partial charge in [-0.15, -0.1) is 0 Å². The van der Waals surface area contributed by atoms with Gasteiger partial charge in [-0.2, -0.15) is 0 Å². The lowest BCUT2D eigenvalue weighted by atomic mass is 10.1. The van der Waals surface area contributed by atoms with E-state index in [0.717, 1.165) is 141 Å². The Kier molecular flexibility index (Phi) is 64.9. The maximum absolute atomic E-state index is 12.9. The highest BCUT2D eigenvalue weighted by atomic mass is 16.6. The van der Waals surface area contributed by atoms with E-state index < -0.39 is 6.10 Å². The third-order valence-corrected chi connectivity index (χ3v) is 13.7. The summed E-state index contributed by atoms with van der Waals surface area (Å²) in [4.78, 5) is 38.4. The molecule has 0 aromatic heterocycles. The van der Waals surface area contributed by atoms with Crippen LogP contribution in [0.1, 0.15) is 278 Å². The predicted molar refractivity (Wildman–Crippen MR) is 361 cm³/mol. The fraction of sp³-hybridized carbons (Fsp3) is 0.597. The summed E-state index contributed by atoms with van der Waals surface area (Å²) >= 11 is 0. The molecular weight excluding hydrogens is 1020 g/mol. The first-order chi connectivity index (χ1) is 41.0. The molecule has 0 bridgehead atoms. The van der Waals surface area contributed by atoms with Crippen LogP contribution in [0.15, 0.2) is 170 Å². The maximum Gasteiger partial charge on any atom is 0.306 e. The first-order valence-corrected chi connectivity index (χ1v) is 33.6. The van der Waals surface area contributed by atoms with Crippen LogP contribution in [0.4, 0.5) is 0 Å². The smallest absolute Gasteiger partial charge is 0.306 e. The van der Waals surface area contributed by atoms with Gasteiger partial charge in [0.05, 0.1) is 0 Å². The standard InChI is InChI=1S/C77H122O6/c1-4-7-10-13-16-19-22-25-28-30-32-33-34-35-36-37-38-39-40-41-42-43-45-46-49-52-55-58-61-64-67-70-76(79)82-73-74(72-81-75(78)69-66-63-60-57-54-51-48-27-24-21-18-15-12-9-6-3)83-77(80)71-68-65-62-59-56-53-50-47-44-31-29-26-23-20-17-14-11-8-5-2/h7,9-10,12,16,18-19,21,25-29,32-33,35-36,38-39,41-42,45-46,48,52,54-55,57,74H,4-6,8,11,13-15,17,20,22-24,30-31,34,37,40,43-44,47,49-51,53,56,58-73H2,1-3H3/b10-7-,12-9-,19-16-,21-18-,28-25-,29-26-,33-32-,36-35-,39-38-,42-41-,46-45-,48-27-,55-52-,57-54-. The summed E-state index contributed by atoms with van der Waals surface area (Å²) in [6.45, 7) is 6.34. The van der Waals surface area contributed by atoms with E-state index in [1.807, 2.05) is 0 Å². The monoisotopic (exact) mass is 1140 g/mol. The van der Waals surface area contributed by atoms with Crippen LogP contribution in [0, 0.1) is 0 Å². The van der Waals surface area contributed by atoms with Crippen molar-refractivity contribution in [3.8, 4) is 0 Å². The molecule has 0 saturated carbocycles. The minimum atomic E-state index is -0.820. The second kappa shape index (κ2) is 69.3. The number of esters is 3. The molecule has 1 unspecified atom stereocenters. The van der Waals surface area contributed by atoms with Crippen LogP contribution in [-0.2, 0) is 28.6 Å². The maximum atomic E-state index is 12.9. The van der Waals surface area contributed by atoms with Crippen molar-refractivity contribution in [1.82, 2.24) is 0 Å². The number of rotatable bonds is 59. The van der Waals surface area contributed by atoms with Gasteiger partial charge in [-0.25, -0.2) is 0 Å². The molecule has 6 nitrogen and oxygen atoms in total. The number of ether oxygens (including phenoxy) is 3. The van der Waals surface area contributed by atoms with Crippen molar-refractivity contribution in [2.75, 3.05) is 13.2 Å². The van der Waals surface area contributed by atoms with Crippen molar-refractivity contribution in [2.24, 2.45) is 0 Å². The number of carbonyl (C=O) groups excluding carboxylic acids is 3. The summed E-state index contributed by atoms with van der Waals surface area (Å²) < 4.78 is 16.9. The zero-order valence-corrected chi connectivity index (χ0v) is 53.4. The lowest BCUT2D eigenvalue weighted by molar-refractivity contribution is -0.167. The zero-order valence-electron chi connectivity index (χ0n) is 53.4. The summed E-state index contributed by atoms with van der Waals surface area (Å²) in [6.07, 6.45) is 102. The molecule has 0 amide bonds. The number of allylic oxidation sites excluding steroid dienone is 28. The highest BCUT2D eigenvalue weighted by molar-refractivity contribution is 5.71. The van der Waals surface area contributed by atoms with Crippen molar-refractivity contribution in [1.29, 1.82) is 0 Å². The molecule has 1 atom stereocenters. The van der Waals surface area contributed by atoms with Crippen LogP contribution in [0.3, 0.4) is 0 Å². The Morgan fingerprint density at radius 3 is 0.783 bits per heavy atom. The normalized spacial score (nSPS) is 13.2. The molecular formula is C77H122O6. The van der Waals surface area contributed by atoms with Gasteiger partial charge in [0.25, 0.3) is 0 Å². The van der Waals surface area contributed by atoms with Crippen LogP contribution >= 0.6 is 0 Å². The Balaban J connectivity index is 4.46. The predicted octanol–water partition coefficient (Wildman–Crippen LogP) is 23.4. The summed E-state index contributed by atoms with van der Waals surface area (Å²) in [7, 11) is 0. The van der Waals surface area contributed by atoms with Crippen LogP contribution < -0.4 is 0 Å². The van der Waals surface area contributed by atoms with E-state index in [9.17, 15) is 14.4 Å². The fourth-order valence-electron chi connectivity index (χ4n) is 8.71. The van der Waals surface area contributed by atoms with Crippen molar-refractivity contribution in [2.45, 2.75) is 284 Å². The minimum Gasteiger partial charge on any atom is -0.462 e. The van der Waals surface area contributed by atoms with E-state index in [4.69, 9.17) is 14.2 Å². The average molecular weight is 1140 g/mol. The first-order valence-electron chi connectivity index (χ1n) is 33.6. The SMILES string of the molecule is CC/C=C\C/C=C\C/C=C\C/C=C\C/C=C\C/C=C\C/C=C\C/C=C\C/C=C\CCCCCC(=O)OCC(COC(=O)CCCC/C=C\C/C=C\C/C=C\C/C=C\CC)OC(=O)CCCCCCCCCCC/C=C\CCCCCCCC. The second-order valence-electron chi connectivity index (χ2n) is 21.6. The van der Waals surface area contributed by atoms with E-state index >= 15 is 0 Å². The number of hydrogen-bond acceptors (Lipinski definition) is 6. The lowest BCUT2D eigenvalue weighted by Crippen LogP contribution is -2.30. The van der Waals surface area contributed by atoms with Gasteiger partial charge in [0.15, 0.2) is 6.10 Å². The lowest BCUT2D eigenvalue weighted by Gasteiger charge is -2.18. The van der Waals surface area contributed by atoms with Crippen LogP contribution in [0.5, 0.6) is 0 Å². The Hall–Kier alpha value is -5.23. The number of hydrogen-bond donors (Lipinski definition) is 0. The van der Waals surface area contributed by atoms with Crippen LogP contribution in [0.25, 0.3) is 0 Å². The molecule has 0 aliphatic carbocycles. The number of carbonyl (C=O) groups is 3. The van der Waals surface area contributed by atoms with Crippen LogP contribution in [0.2, 0.25) is 0 Å². The molecule has 0 fully saturated rings. The molecule has 0 aromatic carbocycles. The molecule has 0 heterocycles. The molecule has 6 heteroatoms. The molecule has 0 N–H and O–H groups in total. The second-order valence-corrected chi connectivity index (χ2v) is 21.6. The highest BCUT2D eigenvalue weighted by Gasteiger charge is 2.19. The van der Waals surface area contributed by atoms with Crippen LogP contribution in [-0.4, -0.2) is 37.2 Å². The fourth-order valence-corrected chi connectivity index (χ4v) is 8.71. The van der Waals surface area contributed by atoms with E-state index in [2.05, 4.69) is 191 Å². The van der Waals surface area contributed by atoms with E-state index in [1.54, 1.807) is 0 Å². The van der Waals surface area contributed by atoms with Gasteiger partial charge >= 0.3 is 17.9 Å². The Morgan fingerprint density at radius 2 is 0.470 bits per heavy atom. The molecule has 0 saturated heterocycles. The molecule has 83 heavy (non-hydrogen) atoms. The first kappa shape index (κ1) is 77.8. The Labute approximate surface area is 511 Å². The molecule has 0 rings (SSSR count). The van der Waals surface area contributed by atoms with Crippen molar-refractivity contribution in [3.63, 3.8) is 0 Å². The largest absolute Gasteiger partial charge is 0.462 e. The van der Waals surface area contributed by atoms with Gasteiger partial charge in [-0.05, 0) is 154 Å². The third kappa shape index (κ3) is 67.4. The van der Waals surface area contributed by atoms with Gasteiger partial charge in [0.2, 0.25) is 0 Å². The number of unbranched alkanes of at least 4 members (excludes halogenated alkanes) is 20. The van der Waals surface area contributed by atoms with Crippen molar-refractivity contribution >= 4 is 17.9 Å². The minimum absolute atomic E-state index is 0.116. The molecule has 0 aliphatic heterocycles. The van der Waals surface area contributed by atoms with Crippen molar-refractivity contribution in [3.05, 3.63) is 170 Å². The van der Waals surface area contributed by atoms with Gasteiger partial charge in [0, 0.05) is 19.3 Å². The Morgan fingerprint density at radius 1 is 0.253 bits per heavy atom. The highest BCUT2D eigenvalue weighted by Crippen LogP contribution is 2.15. The Bertz CT molecular complexity index is 1890. The summed E-state index contributed by atoms with van der Waals surface area (Å²) in [5.41, 5.74) is 0. The quantitative estimate of drug-likeness (QED) is 0.0261. The topological polar surface area (TPSA) is 78.9 Å². The summed E-state index contributed by atoms with van der Waals surface area (Å²) in [6, 6.07) is 0.